The lowest BCUT2D eigenvalue weighted by Gasteiger charge is -2.52. The van der Waals surface area contributed by atoms with Crippen molar-refractivity contribution in [3.05, 3.63) is 71.3 Å². The van der Waals surface area contributed by atoms with E-state index in [1.54, 1.807) is 6.07 Å². The SMILES string of the molecule is OC1(c2cccc(C(F)(F)F)c2)CC2COCC(C1)N2Cc1ccccc1. The predicted molar refractivity (Wildman–Crippen MR) is 95.0 cm³/mol. The van der Waals surface area contributed by atoms with E-state index in [4.69, 9.17) is 4.74 Å². The molecule has 2 unspecified atom stereocenters. The molecule has 2 heterocycles. The van der Waals surface area contributed by atoms with E-state index < -0.39 is 17.3 Å². The summed E-state index contributed by atoms with van der Waals surface area (Å²) < 4.78 is 44.9. The molecule has 0 spiro atoms. The second kappa shape index (κ2) is 6.93. The minimum Gasteiger partial charge on any atom is -0.385 e. The first-order valence-electron chi connectivity index (χ1n) is 9.13. The first-order chi connectivity index (χ1) is 12.9. The van der Waals surface area contributed by atoms with Crippen LogP contribution in [0, 0.1) is 0 Å². The number of nitrogens with zero attached hydrogens (tertiary/aromatic N) is 1. The highest BCUT2D eigenvalue weighted by molar-refractivity contribution is 5.31. The third-order valence-electron chi connectivity index (χ3n) is 5.64. The fourth-order valence-electron chi connectivity index (χ4n) is 4.32. The van der Waals surface area contributed by atoms with Crippen LogP contribution in [0.2, 0.25) is 0 Å². The molecule has 2 aliphatic heterocycles. The number of piperidine rings is 1. The number of halogens is 3. The third kappa shape index (κ3) is 3.74. The number of hydrogen-bond acceptors (Lipinski definition) is 3. The predicted octanol–water partition coefficient (Wildman–Crippen LogP) is 3.96. The summed E-state index contributed by atoms with van der Waals surface area (Å²) in [5.74, 6) is 0. The van der Waals surface area contributed by atoms with Gasteiger partial charge in [-0.3, -0.25) is 4.90 Å². The van der Waals surface area contributed by atoms with Crippen molar-refractivity contribution >= 4 is 0 Å². The number of alkyl halides is 3. The van der Waals surface area contributed by atoms with Gasteiger partial charge in [-0.25, -0.2) is 0 Å². The highest BCUT2D eigenvalue weighted by atomic mass is 19.4. The molecule has 0 radical (unpaired) electrons. The maximum Gasteiger partial charge on any atom is 0.416 e. The van der Waals surface area contributed by atoms with Crippen LogP contribution < -0.4 is 0 Å². The topological polar surface area (TPSA) is 32.7 Å². The van der Waals surface area contributed by atoms with Gasteiger partial charge < -0.3 is 9.84 Å². The van der Waals surface area contributed by atoms with Crippen LogP contribution >= 0.6 is 0 Å². The van der Waals surface area contributed by atoms with Crippen LogP contribution in [-0.2, 0) is 23.1 Å². The zero-order valence-electron chi connectivity index (χ0n) is 14.8. The number of aliphatic hydroxyl groups is 1. The van der Waals surface area contributed by atoms with Gasteiger partial charge in [0.05, 0.1) is 24.4 Å². The van der Waals surface area contributed by atoms with Crippen LogP contribution in [0.1, 0.15) is 29.5 Å². The number of morpholine rings is 1. The van der Waals surface area contributed by atoms with Crippen molar-refractivity contribution in [3.8, 4) is 0 Å². The highest BCUT2D eigenvalue weighted by Crippen LogP contribution is 2.42. The highest BCUT2D eigenvalue weighted by Gasteiger charge is 2.47. The van der Waals surface area contributed by atoms with E-state index in [2.05, 4.69) is 17.0 Å². The van der Waals surface area contributed by atoms with E-state index >= 15 is 0 Å². The first kappa shape index (κ1) is 18.5. The second-order valence-corrected chi connectivity index (χ2v) is 7.52. The van der Waals surface area contributed by atoms with Gasteiger partial charge in [-0.1, -0.05) is 42.5 Å². The van der Waals surface area contributed by atoms with Gasteiger partial charge in [-0.05, 0) is 36.1 Å². The molecule has 0 aromatic heterocycles. The Morgan fingerprint density at radius 2 is 1.67 bits per heavy atom. The number of hydrogen-bond donors (Lipinski definition) is 1. The fourth-order valence-corrected chi connectivity index (χ4v) is 4.32. The summed E-state index contributed by atoms with van der Waals surface area (Å²) >= 11 is 0. The van der Waals surface area contributed by atoms with Crippen LogP contribution in [0.15, 0.2) is 54.6 Å². The summed E-state index contributed by atoms with van der Waals surface area (Å²) in [7, 11) is 0. The summed E-state index contributed by atoms with van der Waals surface area (Å²) in [6, 6.07) is 15.1. The van der Waals surface area contributed by atoms with Gasteiger partial charge in [0, 0.05) is 18.6 Å². The minimum atomic E-state index is -4.42. The van der Waals surface area contributed by atoms with Gasteiger partial charge in [-0.2, -0.15) is 13.2 Å². The molecular weight excluding hydrogens is 355 g/mol. The van der Waals surface area contributed by atoms with Crippen LogP contribution in [-0.4, -0.2) is 35.3 Å². The molecule has 2 aromatic rings. The van der Waals surface area contributed by atoms with E-state index in [1.807, 2.05) is 18.2 Å². The van der Waals surface area contributed by atoms with E-state index in [0.29, 0.717) is 31.6 Å². The van der Waals surface area contributed by atoms with E-state index in [0.717, 1.165) is 18.7 Å². The van der Waals surface area contributed by atoms with Crippen LogP contribution in [0.25, 0.3) is 0 Å². The molecule has 4 rings (SSSR count). The molecule has 0 amide bonds. The lowest BCUT2D eigenvalue weighted by atomic mass is 9.76. The van der Waals surface area contributed by atoms with Crippen molar-refractivity contribution in [2.45, 2.75) is 43.2 Å². The number of fused-ring (bicyclic) bond motifs is 2. The quantitative estimate of drug-likeness (QED) is 0.879. The van der Waals surface area contributed by atoms with Gasteiger partial charge in [0.1, 0.15) is 0 Å². The summed E-state index contributed by atoms with van der Waals surface area (Å²) in [6.45, 7) is 1.70. The first-order valence-corrected chi connectivity index (χ1v) is 9.13. The van der Waals surface area contributed by atoms with Crippen molar-refractivity contribution in [3.63, 3.8) is 0 Å². The molecule has 2 aliphatic rings. The van der Waals surface area contributed by atoms with Crippen molar-refractivity contribution in [2.24, 2.45) is 0 Å². The smallest absolute Gasteiger partial charge is 0.385 e. The average molecular weight is 377 g/mol. The molecule has 144 valence electrons. The normalized spacial score (nSPS) is 28.9. The Hall–Kier alpha value is -1.89. The van der Waals surface area contributed by atoms with Gasteiger partial charge in [0.25, 0.3) is 0 Å². The van der Waals surface area contributed by atoms with E-state index in [9.17, 15) is 18.3 Å². The average Bonchev–Trinajstić information content (AvgIpc) is 2.63. The summed E-state index contributed by atoms with van der Waals surface area (Å²) in [4.78, 5) is 2.32. The Bertz CT molecular complexity index is 780. The second-order valence-electron chi connectivity index (χ2n) is 7.52. The molecule has 2 fully saturated rings. The van der Waals surface area contributed by atoms with Crippen LogP contribution in [0.4, 0.5) is 13.2 Å². The molecule has 0 aliphatic carbocycles. The summed E-state index contributed by atoms with van der Waals surface area (Å²) in [6.07, 6.45) is -3.70. The molecule has 1 N–H and O–H groups in total. The van der Waals surface area contributed by atoms with Gasteiger partial charge in [0.15, 0.2) is 0 Å². The number of ether oxygens (including phenoxy) is 1. The maximum absolute atomic E-state index is 13.1. The Balaban J connectivity index is 1.59. The van der Waals surface area contributed by atoms with Crippen molar-refractivity contribution < 1.29 is 23.0 Å². The molecule has 2 aromatic carbocycles. The van der Waals surface area contributed by atoms with Crippen molar-refractivity contribution in [2.75, 3.05) is 13.2 Å². The van der Waals surface area contributed by atoms with Gasteiger partial charge in [0.2, 0.25) is 0 Å². The molecule has 2 bridgehead atoms. The minimum absolute atomic E-state index is 0.0303. The standard InChI is InChI=1S/C21H22F3NO2/c22-21(23,24)17-8-4-7-16(9-17)20(26)10-18-13-27-14-19(11-20)25(18)12-15-5-2-1-3-6-15/h1-9,18-19,26H,10-14H2. The Morgan fingerprint density at radius 3 is 2.30 bits per heavy atom. The van der Waals surface area contributed by atoms with Crippen molar-refractivity contribution in [1.29, 1.82) is 0 Å². The number of benzene rings is 2. The number of rotatable bonds is 3. The molecule has 27 heavy (non-hydrogen) atoms. The van der Waals surface area contributed by atoms with E-state index in [1.165, 1.54) is 11.6 Å². The van der Waals surface area contributed by atoms with E-state index in [-0.39, 0.29) is 12.1 Å². The lowest BCUT2D eigenvalue weighted by molar-refractivity contribution is -0.150. The van der Waals surface area contributed by atoms with Gasteiger partial charge >= 0.3 is 6.18 Å². The molecule has 3 nitrogen and oxygen atoms in total. The monoisotopic (exact) mass is 377 g/mol. The molecule has 2 saturated heterocycles. The fraction of sp³-hybridized carbons (Fsp3) is 0.429. The Kier molecular flexibility index (Phi) is 4.74. The third-order valence-corrected chi connectivity index (χ3v) is 5.64. The van der Waals surface area contributed by atoms with Crippen LogP contribution in [0.5, 0.6) is 0 Å². The molecule has 0 saturated carbocycles. The summed E-state index contributed by atoms with van der Waals surface area (Å²) in [5.41, 5.74) is -0.470. The molecule has 6 heteroatoms. The van der Waals surface area contributed by atoms with Crippen molar-refractivity contribution in [1.82, 2.24) is 4.90 Å². The maximum atomic E-state index is 13.1. The summed E-state index contributed by atoms with van der Waals surface area (Å²) in [5, 5.41) is 11.3. The zero-order valence-corrected chi connectivity index (χ0v) is 14.8. The molecular formula is C21H22F3NO2. The Labute approximate surface area is 156 Å². The Morgan fingerprint density at radius 1 is 1.00 bits per heavy atom. The van der Waals surface area contributed by atoms with Gasteiger partial charge in [-0.15, -0.1) is 0 Å². The molecule has 2 atom stereocenters. The zero-order chi connectivity index (χ0) is 19.1. The lowest BCUT2D eigenvalue weighted by Crippen LogP contribution is -2.60. The largest absolute Gasteiger partial charge is 0.416 e. The van der Waals surface area contributed by atoms with Crippen LogP contribution in [0.3, 0.4) is 0 Å².